The lowest BCUT2D eigenvalue weighted by Gasteiger charge is -2.16. The van der Waals surface area contributed by atoms with Gasteiger partial charge in [-0.05, 0) is 32.1 Å². The number of rotatable bonds is 6. The van der Waals surface area contributed by atoms with Gasteiger partial charge in [-0.3, -0.25) is 0 Å². The topological polar surface area (TPSA) is 28.2 Å². The van der Waals surface area contributed by atoms with Gasteiger partial charge in [0.25, 0.3) is 0 Å². The van der Waals surface area contributed by atoms with E-state index in [1.165, 1.54) is 5.69 Å². The number of nitrogens with zero attached hydrogens (tertiary/aromatic N) is 2. The van der Waals surface area contributed by atoms with Crippen molar-refractivity contribution in [1.29, 1.82) is 0 Å². The molecule has 0 aromatic carbocycles. The SMILES string of the molecule is CC(C)[C@H](C)c1cccc(NCCN(C)C)n1. The fourth-order valence-corrected chi connectivity index (χ4v) is 1.55. The Morgan fingerprint density at radius 2 is 1.94 bits per heavy atom. The molecule has 1 atom stereocenters. The number of pyridine rings is 1. The molecule has 17 heavy (non-hydrogen) atoms. The van der Waals surface area contributed by atoms with Crippen molar-refractivity contribution in [3.8, 4) is 0 Å². The number of anilines is 1. The minimum absolute atomic E-state index is 0.505. The van der Waals surface area contributed by atoms with Crippen LogP contribution in [0, 0.1) is 5.92 Å². The second-order valence-electron chi connectivity index (χ2n) is 5.21. The smallest absolute Gasteiger partial charge is 0.126 e. The van der Waals surface area contributed by atoms with Gasteiger partial charge in [-0.25, -0.2) is 4.98 Å². The van der Waals surface area contributed by atoms with Crippen molar-refractivity contribution in [2.24, 2.45) is 5.92 Å². The maximum atomic E-state index is 4.66. The Morgan fingerprint density at radius 1 is 1.24 bits per heavy atom. The molecular formula is C14H25N3. The number of hydrogen-bond acceptors (Lipinski definition) is 3. The molecule has 0 saturated heterocycles. The lowest BCUT2D eigenvalue weighted by Crippen LogP contribution is -2.21. The van der Waals surface area contributed by atoms with Crippen molar-refractivity contribution >= 4 is 5.82 Å². The summed E-state index contributed by atoms with van der Waals surface area (Å²) in [5.41, 5.74) is 1.18. The average Bonchev–Trinajstić information content (AvgIpc) is 2.28. The summed E-state index contributed by atoms with van der Waals surface area (Å²) in [4.78, 5) is 6.82. The Bertz CT molecular complexity index is 334. The molecule has 0 spiro atoms. The normalized spacial score (nSPS) is 13.1. The van der Waals surface area contributed by atoms with Crippen molar-refractivity contribution in [2.45, 2.75) is 26.7 Å². The molecule has 0 bridgehead atoms. The fraction of sp³-hybridized carbons (Fsp3) is 0.643. The number of hydrogen-bond donors (Lipinski definition) is 1. The van der Waals surface area contributed by atoms with Crippen LogP contribution in [0.2, 0.25) is 0 Å². The van der Waals surface area contributed by atoms with Gasteiger partial charge in [-0.1, -0.05) is 26.8 Å². The molecule has 1 aromatic rings. The third kappa shape index (κ3) is 4.73. The van der Waals surface area contributed by atoms with Crippen LogP contribution in [0.5, 0.6) is 0 Å². The van der Waals surface area contributed by atoms with E-state index in [0.717, 1.165) is 18.9 Å². The number of aromatic nitrogens is 1. The van der Waals surface area contributed by atoms with E-state index >= 15 is 0 Å². The standard InChI is InChI=1S/C14H25N3/c1-11(2)12(3)13-7-6-8-14(16-13)15-9-10-17(4)5/h6-8,11-12H,9-10H2,1-5H3,(H,15,16)/t12-/m0/s1. The highest BCUT2D eigenvalue weighted by atomic mass is 15.1. The predicted molar refractivity (Wildman–Crippen MR) is 74.5 cm³/mol. The molecule has 0 aliphatic rings. The van der Waals surface area contributed by atoms with E-state index in [1.54, 1.807) is 0 Å². The Balaban J connectivity index is 2.59. The summed E-state index contributed by atoms with van der Waals surface area (Å²) in [6.07, 6.45) is 0. The molecule has 0 saturated carbocycles. The van der Waals surface area contributed by atoms with E-state index in [1.807, 2.05) is 6.07 Å². The van der Waals surface area contributed by atoms with Crippen LogP contribution in [-0.2, 0) is 0 Å². The third-order valence-corrected chi connectivity index (χ3v) is 3.10. The zero-order valence-corrected chi connectivity index (χ0v) is 11.7. The van der Waals surface area contributed by atoms with Crippen LogP contribution in [0.25, 0.3) is 0 Å². The summed E-state index contributed by atoms with van der Waals surface area (Å²) in [6, 6.07) is 6.23. The van der Waals surface area contributed by atoms with E-state index < -0.39 is 0 Å². The molecule has 1 N–H and O–H groups in total. The first-order valence-corrected chi connectivity index (χ1v) is 6.36. The van der Waals surface area contributed by atoms with E-state index in [4.69, 9.17) is 0 Å². The highest BCUT2D eigenvalue weighted by Crippen LogP contribution is 2.22. The monoisotopic (exact) mass is 235 g/mol. The van der Waals surface area contributed by atoms with Crippen molar-refractivity contribution in [3.05, 3.63) is 23.9 Å². The molecule has 0 unspecified atom stereocenters. The first kappa shape index (κ1) is 14.0. The highest BCUT2D eigenvalue weighted by molar-refractivity contribution is 5.36. The van der Waals surface area contributed by atoms with E-state index in [2.05, 4.69) is 62.2 Å². The molecule has 3 nitrogen and oxygen atoms in total. The van der Waals surface area contributed by atoms with Gasteiger partial charge >= 0.3 is 0 Å². The van der Waals surface area contributed by atoms with Crippen LogP contribution in [0.4, 0.5) is 5.82 Å². The lowest BCUT2D eigenvalue weighted by molar-refractivity contribution is 0.425. The van der Waals surface area contributed by atoms with Gasteiger partial charge in [-0.15, -0.1) is 0 Å². The Kier molecular flexibility index (Phi) is 5.42. The number of likely N-dealkylation sites (N-methyl/N-ethyl adjacent to an activating group) is 1. The maximum Gasteiger partial charge on any atom is 0.126 e. The maximum absolute atomic E-state index is 4.66. The Hall–Kier alpha value is -1.09. The van der Waals surface area contributed by atoms with Gasteiger partial charge in [0.15, 0.2) is 0 Å². The Morgan fingerprint density at radius 3 is 2.53 bits per heavy atom. The zero-order chi connectivity index (χ0) is 12.8. The molecule has 0 radical (unpaired) electrons. The molecule has 1 heterocycles. The summed E-state index contributed by atoms with van der Waals surface area (Å²) in [7, 11) is 4.15. The molecule has 1 aromatic heterocycles. The minimum Gasteiger partial charge on any atom is -0.369 e. The van der Waals surface area contributed by atoms with Crippen LogP contribution < -0.4 is 5.32 Å². The van der Waals surface area contributed by atoms with Gasteiger partial charge < -0.3 is 10.2 Å². The van der Waals surface area contributed by atoms with E-state index in [9.17, 15) is 0 Å². The molecule has 0 aliphatic heterocycles. The van der Waals surface area contributed by atoms with Crippen LogP contribution >= 0.6 is 0 Å². The van der Waals surface area contributed by atoms with Crippen molar-refractivity contribution < 1.29 is 0 Å². The van der Waals surface area contributed by atoms with Gasteiger partial charge in [0.05, 0.1) is 0 Å². The minimum atomic E-state index is 0.505. The molecule has 0 fully saturated rings. The predicted octanol–water partition coefficient (Wildman–Crippen LogP) is 2.81. The van der Waals surface area contributed by atoms with Gasteiger partial charge in [0, 0.05) is 24.7 Å². The van der Waals surface area contributed by atoms with Gasteiger partial charge in [0.2, 0.25) is 0 Å². The largest absolute Gasteiger partial charge is 0.369 e. The van der Waals surface area contributed by atoms with Crippen LogP contribution in [0.3, 0.4) is 0 Å². The molecule has 3 heteroatoms. The first-order chi connectivity index (χ1) is 8.00. The van der Waals surface area contributed by atoms with Gasteiger partial charge in [0.1, 0.15) is 5.82 Å². The van der Waals surface area contributed by atoms with Crippen LogP contribution in [0.15, 0.2) is 18.2 Å². The summed E-state index contributed by atoms with van der Waals surface area (Å²) < 4.78 is 0. The van der Waals surface area contributed by atoms with Gasteiger partial charge in [-0.2, -0.15) is 0 Å². The van der Waals surface area contributed by atoms with Crippen molar-refractivity contribution in [2.75, 3.05) is 32.5 Å². The van der Waals surface area contributed by atoms with Crippen molar-refractivity contribution in [3.63, 3.8) is 0 Å². The summed E-state index contributed by atoms with van der Waals surface area (Å²) >= 11 is 0. The molecule has 96 valence electrons. The van der Waals surface area contributed by atoms with Crippen LogP contribution in [0.1, 0.15) is 32.4 Å². The van der Waals surface area contributed by atoms with Crippen molar-refractivity contribution in [1.82, 2.24) is 9.88 Å². The summed E-state index contributed by atoms with van der Waals surface area (Å²) in [6.45, 7) is 8.65. The third-order valence-electron chi connectivity index (χ3n) is 3.10. The Labute approximate surface area is 105 Å². The highest BCUT2D eigenvalue weighted by Gasteiger charge is 2.11. The fourth-order valence-electron chi connectivity index (χ4n) is 1.55. The summed E-state index contributed by atoms with van der Waals surface area (Å²) in [5, 5.41) is 3.36. The van der Waals surface area contributed by atoms with E-state index in [0.29, 0.717) is 11.8 Å². The molecular weight excluding hydrogens is 210 g/mol. The zero-order valence-electron chi connectivity index (χ0n) is 11.7. The second-order valence-corrected chi connectivity index (χ2v) is 5.21. The lowest BCUT2D eigenvalue weighted by atomic mass is 9.94. The summed E-state index contributed by atoms with van der Waals surface area (Å²) in [5.74, 6) is 2.11. The molecule has 0 amide bonds. The number of nitrogens with one attached hydrogen (secondary N) is 1. The molecule has 0 aliphatic carbocycles. The second kappa shape index (κ2) is 6.60. The quantitative estimate of drug-likeness (QED) is 0.822. The van der Waals surface area contributed by atoms with E-state index in [-0.39, 0.29) is 0 Å². The van der Waals surface area contributed by atoms with Crippen LogP contribution in [-0.4, -0.2) is 37.1 Å². The average molecular weight is 235 g/mol. The first-order valence-electron chi connectivity index (χ1n) is 6.36. The molecule has 1 rings (SSSR count).